The van der Waals surface area contributed by atoms with E-state index < -0.39 is 0 Å². The lowest BCUT2D eigenvalue weighted by Gasteiger charge is -2.20. The number of Topliss-reactive ketones (excluding diaryl/α,β-unsaturated/α-hetero) is 1. The highest BCUT2D eigenvalue weighted by Crippen LogP contribution is 2.33. The summed E-state index contributed by atoms with van der Waals surface area (Å²) in [5, 5.41) is 0. The third-order valence-electron chi connectivity index (χ3n) is 3.41. The van der Waals surface area contributed by atoms with E-state index in [1.807, 2.05) is 18.2 Å². The summed E-state index contributed by atoms with van der Waals surface area (Å²) in [7, 11) is 0. The zero-order valence-electron chi connectivity index (χ0n) is 9.11. The Labute approximate surface area is 94.6 Å². The molecule has 1 saturated carbocycles. The molecule has 2 aliphatic carbocycles. The largest absolute Gasteiger partial charge is 0.464 e. The molecule has 0 aromatic rings. The Morgan fingerprint density at radius 3 is 3.06 bits per heavy atom. The predicted molar refractivity (Wildman–Crippen MR) is 61.5 cm³/mol. The Bertz CT molecular complexity index is 483. The van der Waals surface area contributed by atoms with Crippen molar-refractivity contribution < 1.29 is 9.21 Å². The maximum Gasteiger partial charge on any atom is 0.140 e. The summed E-state index contributed by atoms with van der Waals surface area (Å²) in [6.07, 6.45) is 5.64. The van der Waals surface area contributed by atoms with Crippen LogP contribution in [0.4, 0.5) is 0 Å². The van der Waals surface area contributed by atoms with Gasteiger partial charge in [0, 0.05) is 17.9 Å². The Morgan fingerprint density at radius 1 is 1.25 bits per heavy atom. The number of carbonyl (C=O) groups excluding carboxylic acids is 1. The summed E-state index contributed by atoms with van der Waals surface area (Å²) in [4.78, 5) is 11.8. The van der Waals surface area contributed by atoms with Crippen molar-refractivity contribution in [2.45, 2.75) is 31.6 Å². The fourth-order valence-electron chi connectivity index (χ4n) is 2.51. The molecule has 16 heavy (non-hydrogen) atoms. The second-order valence-electron chi connectivity index (χ2n) is 4.49. The van der Waals surface area contributed by atoms with E-state index in [0.717, 1.165) is 42.6 Å². The third kappa shape index (κ3) is 1.54. The molecule has 0 aromatic carbocycles. The van der Waals surface area contributed by atoms with Gasteiger partial charge in [0.2, 0.25) is 0 Å². The molecule has 1 atom stereocenters. The van der Waals surface area contributed by atoms with Crippen LogP contribution in [-0.2, 0) is 4.79 Å². The maximum absolute atomic E-state index is 11.8. The molecule has 1 aliphatic heterocycles. The first-order chi connectivity index (χ1) is 7.84. The number of carbonyl (C=O) groups is 1. The van der Waals surface area contributed by atoms with Crippen LogP contribution in [0, 0.1) is 0 Å². The second-order valence-corrected chi connectivity index (χ2v) is 4.49. The summed E-state index contributed by atoms with van der Waals surface area (Å²) in [5.74, 6) is 1.33. The van der Waals surface area contributed by atoms with Crippen molar-refractivity contribution in [1.29, 1.82) is 0 Å². The first kappa shape index (κ1) is 9.64. The van der Waals surface area contributed by atoms with Crippen LogP contribution in [-0.4, -0.2) is 5.78 Å². The molecule has 2 heteroatoms. The average molecular weight is 214 g/mol. The van der Waals surface area contributed by atoms with Gasteiger partial charge in [-0.2, -0.15) is 0 Å². The third-order valence-corrected chi connectivity index (χ3v) is 3.41. The highest BCUT2D eigenvalue weighted by Gasteiger charge is 2.25. The maximum atomic E-state index is 11.8. The quantitative estimate of drug-likeness (QED) is 0.725. The van der Waals surface area contributed by atoms with Gasteiger partial charge < -0.3 is 4.42 Å². The van der Waals surface area contributed by atoms with Crippen LogP contribution in [0.2, 0.25) is 0 Å². The normalized spacial score (nSPS) is 21.5. The molecule has 1 heterocycles. The molecule has 3 rings (SSSR count). The number of hydrogen-bond acceptors (Lipinski definition) is 2. The molecule has 2 nitrogen and oxygen atoms in total. The van der Waals surface area contributed by atoms with Gasteiger partial charge in [0.1, 0.15) is 11.5 Å². The Morgan fingerprint density at radius 2 is 2.19 bits per heavy atom. The molecule has 0 bridgehead atoms. The molecule has 1 fully saturated rings. The van der Waals surface area contributed by atoms with Crippen molar-refractivity contribution in [3.63, 3.8) is 0 Å². The van der Waals surface area contributed by atoms with Crippen molar-refractivity contribution in [3.8, 4) is 11.3 Å². The minimum atomic E-state index is 0.0665. The topological polar surface area (TPSA) is 30.2 Å². The smallest absolute Gasteiger partial charge is 0.140 e. The molecule has 1 unspecified atom stereocenters. The zero-order valence-corrected chi connectivity index (χ0v) is 9.11. The first-order valence-electron chi connectivity index (χ1n) is 5.84. The van der Waals surface area contributed by atoms with Crippen LogP contribution in [0.25, 0.3) is 11.3 Å². The minimum Gasteiger partial charge on any atom is -0.464 e. The van der Waals surface area contributed by atoms with Crippen molar-refractivity contribution in [1.82, 2.24) is 0 Å². The molecule has 0 spiro atoms. The van der Waals surface area contributed by atoms with E-state index in [0.29, 0.717) is 5.78 Å². The number of fused-ring (bicyclic) bond motifs is 1. The van der Waals surface area contributed by atoms with E-state index in [-0.39, 0.29) is 5.92 Å². The molecule has 0 radical (unpaired) electrons. The lowest BCUT2D eigenvalue weighted by atomic mass is 9.83. The van der Waals surface area contributed by atoms with Crippen LogP contribution in [0.5, 0.6) is 0 Å². The van der Waals surface area contributed by atoms with Gasteiger partial charge >= 0.3 is 0 Å². The van der Waals surface area contributed by atoms with Gasteiger partial charge in [0.15, 0.2) is 0 Å². The summed E-state index contributed by atoms with van der Waals surface area (Å²) >= 11 is 0. The van der Waals surface area contributed by atoms with Crippen LogP contribution in [0.3, 0.4) is 0 Å². The van der Waals surface area contributed by atoms with Crippen molar-refractivity contribution in [2.24, 2.45) is 0 Å². The van der Waals surface area contributed by atoms with E-state index in [9.17, 15) is 4.79 Å². The van der Waals surface area contributed by atoms with Crippen molar-refractivity contribution in [3.05, 3.63) is 36.1 Å². The van der Waals surface area contributed by atoms with E-state index in [1.54, 1.807) is 6.26 Å². The molecular formula is C14H14O2. The summed E-state index contributed by atoms with van der Waals surface area (Å²) in [6.45, 7) is 0. The van der Waals surface area contributed by atoms with Gasteiger partial charge in [0.25, 0.3) is 0 Å². The fourth-order valence-corrected chi connectivity index (χ4v) is 2.51. The van der Waals surface area contributed by atoms with Gasteiger partial charge in [-0.15, -0.1) is 0 Å². The molecule has 0 aromatic heterocycles. The highest BCUT2D eigenvalue weighted by molar-refractivity contribution is 5.86. The van der Waals surface area contributed by atoms with E-state index in [4.69, 9.17) is 4.42 Å². The van der Waals surface area contributed by atoms with Gasteiger partial charge in [-0.25, -0.2) is 0 Å². The van der Waals surface area contributed by atoms with Gasteiger partial charge in [-0.1, -0.05) is 18.6 Å². The lowest BCUT2D eigenvalue weighted by molar-refractivity contribution is -0.121. The van der Waals surface area contributed by atoms with Crippen LogP contribution < -0.4 is 0 Å². The van der Waals surface area contributed by atoms with Crippen molar-refractivity contribution >= 4 is 5.78 Å². The van der Waals surface area contributed by atoms with Gasteiger partial charge in [-0.05, 0) is 30.5 Å². The molecular weight excluding hydrogens is 200 g/mol. The van der Waals surface area contributed by atoms with Crippen LogP contribution in [0.1, 0.15) is 37.2 Å². The highest BCUT2D eigenvalue weighted by atomic mass is 16.3. The summed E-state index contributed by atoms with van der Waals surface area (Å²) in [5.41, 5.74) is 2.14. The Kier molecular flexibility index (Phi) is 2.28. The SMILES string of the molecule is O=C1CCCCC1c1coc2cccc-2c1. The van der Waals surface area contributed by atoms with Crippen LogP contribution in [0.15, 0.2) is 34.9 Å². The molecule has 0 N–H and O–H groups in total. The van der Waals surface area contributed by atoms with E-state index >= 15 is 0 Å². The Balaban J connectivity index is 1.99. The monoisotopic (exact) mass is 214 g/mol. The number of rotatable bonds is 1. The Hall–Kier alpha value is -1.57. The van der Waals surface area contributed by atoms with Crippen molar-refractivity contribution in [2.75, 3.05) is 0 Å². The molecule has 3 aliphatic rings. The molecule has 0 saturated heterocycles. The molecule has 82 valence electrons. The summed E-state index contributed by atoms with van der Waals surface area (Å²) < 4.78 is 5.53. The van der Waals surface area contributed by atoms with Gasteiger partial charge in [0.05, 0.1) is 6.26 Å². The number of ketones is 1. The van der Waals surface area contributed by atoms with Crippen LogP contribution >= 0.6 is 0 Å². The fraction of sp³-hybridized carbons (Fsp3) is 0.357. The second kappa shape index (κ2) is 3.78. The minimum absolute atomic E-state index is 0.0665. The predicted octanol–water partition coefficient (Wildman–Crippen LogP) is 3.61. The summed E-state index contributed by atoms with van der Waals surface area (Å²) in [6, 6.07) is 8.03. The van der Waals surface area contributed by atoms with Gasteiger partial charge in [-0.3, -0.25) is 4.79 Å². The average Bonchev–Trinajstić information content (AvgIpc) is 2.76. The first-order valence-corrected chi connectivity index (χ1v) is 5.84. The standard InChI is InChI=1S/C14H14O2/c15-13-6-2-1-5-12(13)11-8-10-4-3-7-14(10)16-9-11/h3-4,7-9,12H,1-2,5-6H2. The van der Waals surface area contributed by atoms with E-state index in [1.165, 1.54) is 0 Å². The molecule has 0 amide bonds. The van der Waals surface area contributed by atoms with E-state index in [2.05, 4.69) is 6.07 Å². The number of hydrogen-bond donors (Lipinski definition) is 0. The lowest BCUT2D eigenvalue weighted by Crippen LogP contribution is -2.16. The zero-order chi connectivity index (χ0) is 11.0.